The molecule has 1 aliphatic rings. The van der Waals surface area contributed by atoms with Gasteiger partial charge in [0, 0.05) is 12.8 Å². The molecule has 0 aromatic rings. The standard InChI is InChI=1S/C60H107NO10/c1-3-5-7-9-11-13-15-22-26-30-34-38-42-46-53(63)52(51-70-60-59(68)58(67)57(66)54(50-62)71-60)61-55(64)47-43-39-35-31-27-24-20-18-17-19-21-25-29-33-37-41-45-49-69-56(65)48-44-40-36-32-28-23-16-14-12-10-8-6-4-2/h8,10,14,16-17,19,25,29,42,46,52-54,57-60,62-63,66-68H,3-7,9,11-13,15,18,20-24,26-28,30-41,43-45,47-51H2,1-2H3,(H,61,64)/b10-8-,16-14-,19-17-,29-25-,46-42+. The van der Waals surface area contributed by atoms with Crippen LogP contribution in [0, 0.1) is 0 Å². The number of esters is 1. The van der Waals surface area contributed by atoms with Gasteiger partial charge in [-0.05, 0) is 96.3 Å². The highest BCUT2D eigenvalue weighted by Gasteiger charge is 2.44. The van der Waals surface area contributed by atoms with E-state index >= 15 is 0 Å². The third kappa shape index (κ3) is 39.5. The van der Waals surface area contributed by atoms with Gasteiger partial charge in [0.05, 0.1) is 32.0 Å². The molecular weight excluding hydrogens is 895 g/mol. The van der Waals surface area contributed by atoms with E-state index in [4.69, 9.17) is 14.2 Å². The van der Waals surface area contributed by atoms with Crippen LogP contribution in [-0.4, -0.2) is 100 Å². The van der Waals surface area contributed by atoms with Gasteiger partial charge in [0.1, 0.15) is 24.4 Å². The summed E-state index contributed by atoms with van der Waals surface area (Å²) in [5.41, 5.74) is 0. The van der Waals surface area contributed by atoms with Gasteiger partial charge in [0.15, 0.2) is 6.29 Å². The van der Waals surface area contributed by atoms with Gasteiger partial charge in [-0.2, -0.15) is 0 Å². The van der Waals surface area contributed by atoms with Crippen LogP contribution in [0.4, 0.5) is 0 Å². The normalized spacial score (nSPS) is 19.6. The Morgan fingerprint density at radius 1 is 0.521 bits per heavy atom. The maximum absolute atomic E-state index is 13.0. The highest BCUT2D eigenvalue weighted by molar-refractivity contribution is 5.76. The smallest absolute Gasteiger partial charge is 0.305 e. The van der Waals surface area contributed by atoms with Crippen molar-refractivity contribution in [3.8, 4) is 0 Å². The minimum absolute atomic E-state index is 0.0485. The van der Waals surface area contributed by atoms with Gasteiger partial charge in [-0.15, -0.1) is 0 Å². The summed E-state index contributed by atoms with van der Waals surface area (Å²) in [5.74, 6) is -0.248. The second-order valence-electron chi connectivity index (χ2n) is 20.0. The van der Waals surface area contributed by atoms with Crippen molar-refractivity contribution >= 4 is 11.9 Å². The van der Waals surface area contributed by atoms with Gasteiger partial charge in [-0.3, -0.25) is 9.59 Å². The molecule has 1 amide bonds. The van der Waals surface area contributed by atoms with E-state index in [-0.39, 0.29) is 18.5 Å². The van der Waals surface area contributed by atoms with Crippen molar-refractivity contribution in [2.24, 2.45) is 0 Å². The van der Waals surface area contributed by atoms with E-state index in [9.17, 15) is 35.1 Å². The third-order valence-electron chi connectivity index (χ3n) is 13.3. The van der Waals surface area contributed by atoms with E-state index in [1.165, 1.54) is 109 Å². The van der Waals surface area contributed by atoms with E-state index in [2.05, 4.69) is 67.8 Å². The van der Waals surface area contributed by atoms with E-state index in [1.807, 2.05) is 6.08 Å². The summed E-state index contributed by atoms with van der Waals surface area (Å²) in [6, 6.07) is -0.824. The monoisotopic (exact) mass is 1000 g/mol. The molecule has 0 bridgehead atoms. The van der Waals surface area contributed by atoms with Crippen LogP contribution < -0.4 is 5.32 Å². The molecule has 1 rings (SSSR count). The van der Waals surface area contributed by atoms with Crippen LogP contribution in [0.2, 0.25) is 0 Å². The van der Waals surface area contributed by atoms with E-state index in [1.54, 1.807) is 6.08 Å². The highest BCUT2D eigenvalue weighted by atomic mass is 16.7. The van der Waals surface area contributed by atoms with Crippen LogP contribution >= 0.6 is 0 Å². The lowest BCUT2D eigenvalue weighted by atomic mass is 9.99. The van der Waals surface area contributed by atoms with Crippen LogP contribution in [0.5, 0.6) is 0 Å². The second kappa shape index (κ2) is 49.6. The highest BCUT2D eigenvalue weighted by Crippen LogP contribution is 2.23. The van der Waals surface area contributed by atoms with E-state index in [0.29, 0.717) is 19.4 Å². The molecule has 0 saturated carbocycles. The minimum atomic E-state index is -1.58. The van der Waals surface area contributed by atoms with Gasteiger partial charge in [0.25, 0.3) is 0 Å². The zero-order valence-electron chi connectivity index (χ0n) is 45.2. The number of nitrogens with one attached hydrogen (secondary N) is 1. The number of carbonyl (C=O) groups is 2. The SMILES string of the molecule is CCC/C=C\C/C=C\CCCCCCCC(=O)OCCCCC/C=C\C/C=C\CCCCCCCCCC(=O)NC(COC1OC(CO)C(O)C(O)C1O)C(O)/C=C/CCCCCCCCCCCCC. The first-order valence-electron chi connectivity index (χ1n) is 29.1. The molecule has 1 aliphatic heterocycles. The van der Waals surface area contributed by atoms with Gasteiger partial charge in [-0.25, -0.2) is 0 Å². The summed E-state index contributed by atoms with van der Waals surface area (Å²) in [6.45, 7) is 4.20. The predicted molar refractivity (Wildman–Crippen MR) is 292 cm³/mol. The Morgan fingerprint density at radius 3 is 1.48 bits per heavy atom. The van der Waals surface area contributed by atoms with E-state index in [0.717, 1.165) is 109 Å². The number of amides is 1. The van der Waals surface area contributed by atoms with Crippen molar-refractivity contribution < 1.29 is 49.3 Å². The Kier molecular flexibility index (Phi) is 46.3. The molecule has 0 radical (unpaired) electrons. The Hall–Kier alpha value is -2.64. The summed E-state index contributed by atoms with van der Waals surface area (Å²) in [5, 5.41) is 54.4. The molecule has 6 N–H and O–H groups in total. The molecule has 71 heavy (non-hydrogen) atoms. The van der Waals surface area contributed by atoms with Crippen LogP contribution in [0.25, 0.3) is 0 Å². The van der Waals surface area contributed by atoms with E-state index < -0.39 is 49.5 Å². The number of unbranched alkanes of at least 4 members (excludes halogenated alkanes) is 27. The molecule has 412 valence electrons. The average Bonchev–Trinajstić information content (AvgIpc) is 3.37. The van der Waals surface area contributed by atoms with Crippen molar-refractivity contribution in [3.05, 3.63) is 60.8 Å². The summed E-state index contributed by atoms with van der Waals surface area (Å²) in [4.78, 5) is 25.1. The number of hydrogen-bond donors (Lipinski definition) is 6. The number of hydrogen-bond acceptors (Lipinski definition) is 10. The van der Waals surface area contributed by atoms with Gasteiger partial charge in [-0.1, -0.05) is 197 Å². The van der Waals surface area contributed by atoms with Crippen LogP contribution in [0.15, 0.2) is 60.8 Å². The lowest BCUT2D eigenvalue weighted by Gasteiger charge is -2.40. The Balaban J connectivity index is 2.15. The predicted octanol–water partition coefficient (Wildman–Crippen LogP) is 13.1. The molecule has 1 saturated heterocycles. The fourth-order valence-corrected chi connectivity index (χ4v) is 8.68. The molecular formula is C60H107NO10. The molecule has 0 aromatic heterocycles. The lowest BCUT2D eigenvalue weighted by molar-refractivity contribution is -0.302. The average molecular weight is 1000 g/mol. The quantitative estimate of drug-likeness (QED) is 0.0195. The molecule has 11 heteroatoms. The summed E-state index contributed by atoms with van der Waals surface area (Å²) >= 11 is 0. The zero-order valence-corrected chi connectivity index (χ0v) is 45.2. The molecule has 7 unspecified atom stereocenters. The van der Waals surface area contributed by atoms with Crippen molar-refractivity contribution in [1.82, 2.24) is 5.32 Å². The van der Waals surface area contributed by atoms with Gasteiger partial charge >= 0.3 is 5.97 Å². The number of carbonyl (C=O) groups excluding carboxylic acids is 2. The van der Waals surface area contributed by atoms with Gasteiger partial charge in [0.2, 0.25) is 5.91 Å². The Labute approximate surface area is 433 Å². The number of ether oxygens (including phenoxy) is 3. The number of aliphatic hydroxyl groups excluding tert-OH is 5. The summed E-state index contributed by atoms with van der Waals surface area (Å²) in [7, 11) is 0. The van der Waals surface area contributed by atoms with Crippen LogP contribution in [-0.2, 0) is 23.8 Å². The molecule has 0 aromatic carbocycles. The van der Waals surface area contributed by atoms with Crippen molar-refractivity contribution in [2.45, 2.75) is 288 Å². The van der Waals surface area contributed by atoms with Gasteiger partial charge < -0.3 is 45.1 Å². The number of aliphatic hydroxyl groups is 5. The van der Waals surface area contributed by atoms with Crippen LogP contribution in [0.3, 0.4) is 0 Å². The molecule has 11 nitrogen and oxygen atoms in total. The lowest BCUT2D eigenvalue weighted by Crippen LogP contribution is -2.60. The largest absolute Gasteiger partial charge is 0.466 e. The maximum Gasteiger partial charge on any atom is 0.305 e. The van der Waals surface area contributed by atoms with Crippen LogP contribution in [0.1, 0.15) is 245 Å². The third-order valence-corrected chi connectivity index (χ3v) is 13.3. The maximum atomic E-state index is 13.0. The first kappa shape index (κ1) is 66.4. The fraction of sp³-hybridized carbons (Fsp3) is 0.800. The second-order valence-corrected chi connectivity index (χ2v) is 20.0. The fourth-order valence-electron chi connectivity index (χ4n) is 8.68. The first-order valence-corrected chi connectivity index (χ1v) is 29.1. The molecule has 0 aliphatic carbocycles. The molecule has 0 spiro atoms. The molecule has 1 heterocycles. The topological polar surface area (TPSA) is 175 Å². The zero-order chi connectivity index (χ0) is 51.7. The molecule has 7 atom stereocenters. The Morgan fingerprint density at radius 2 is 0.972 bits per heavy atom. The number of rotatable bonds is 49. The summed E-state index contributed by atoms with van der Waals surface area (Å²) in [6.07, 6.45) is 53.0. The first-order chi connectivity index (χ1) is 34.7. The summed E-state index contributed by atoms with van der Waals surface area (Å²) < 4.78 is 16.7. The minimum Gasteiger partial charge on any atom is -0.466 e. The Bertz CT molecular complexity index is 1360. The molecule has 1 fully saturated rings. The van der Waals surface area contributed by atoms with Crippen molar-refractivity contribution in [1.29, 1.82) is 0 Å². The van der Waals surface area contributed by atoms with Crippen molar-refractivity contribution in [3.63, 3.8) is 0 Å². The number of allylic oxidation sites excluding steroid dienone is 9. The van der Waals surface area contributed by atoms with Crippen molar-refractivity contribution in [2.75, 3.05) is 19.8 Å².